The first-order valence-electron chi connectivity index (χ1n) is 12.9. The number of β-lactam (4-membered cyclic amide) rings is 1. The third-order valence-electron chi connectivity index (χ3n) is 6.49. The average Bonchev–Trinajstić information content (AvgIpc) is 3.69. The van der Waals surface area contributed by atoms with Gasteiger partial charge >= 0.3 is 29.6 Å². The Hall–Kier alpha value is -4.07. The average molecular weight is 690 g/mol. The molecule has 0 saturated carbocycles. The fraction of sp³-hybridized carbons (Fsp3) is 0.148. The molecule has 4 aromatic rings. The van der Waals surface area contributed by atoms with Crippen molar-refractivity contribution < 1.29 is 68.5 Å². The van der Waals surface area contributed by atoms with Crippen molar-refractivity contribution in [1.29, 1.82) is 0 Å². The van der Waals surface area contributed by atoms with Crippen LogP contribution in [0.4, 0.5) is 5.13 Å². The van der Waals surface area contributed by atoms with Gasteiger partial charge in [0.1, 0.15) is 17.1 Å². The van der Waals surface area contributed by atoms with E-state index in [0.29, 0.717) is 16.9 Å². The third-order valence-corrected chi connectivity index (χ3v) is 9.41. The molecule has 1 saturated heterocycles. The van der Waals surface area contributed by atoms with Gasteiger partial charge in [-0.25, -0.2) is 4.98 Å². The first-order chi connectivity index (χ1) is 21.7. The van der Waals surface area contributed by atoms with Crippen molar-refractivity contribution in [3.05, 3.63) is 70.9 Å². The van der Waals surface area contributed by atoms with E-state index in [0.717, 1.165) is 28.0 Å². The van der Waals surface area contributed by atoms with Crippen molar-refractivity contribution in [3.63, 3.8) is 0 Å². The van der Waals surface area contributed by atoms with Crippen molar-refractivity contribution in [2.75, 3.05) is 17.2 Å². The number of hydrogen-bond donors (Lipinski definition) is 4. The zero-order chi connectivity index (χ0) is 31.7. The summed E-state index contributed by atoms with van der Waals surface area (Å²) in [6.45, 7) is 0. The van der Waals surface area contributed by atoms with Gasteiger partial charge in [-0.15, -0.1) is 33.3 Å². The minimum Gasteiger partial charge on any atom is -0.543 e. The molecule has 0 radical (unpaired) electrons. The zero-order valence-electron chi connectivity index (χ0n) is 23.6. The monoisotopic (exact) mass is 689 g/mol. The number of anilines is 1. The van der Waals surface area contributed by atoms with Gasteiger partial charge in [-0.2, -0.15) is 0 Å². The number of nitrogens with zero attached hydrogens (tertiary/aromatic N) is 5. The van der Waals surface area contributed by atoms with Crippen LogP contribution in [0.1, 0.15) is 5.69 Å². The number of thiazole rings is 1. The van der Waals surface area contributed by atoms with Crippen molar-refractivity contribution in [2.45, 2.75) is 16.6 Å². The predicted molar refractivity (Wildman–Crippen MR) is 161 cm³/mol. The van der Waals surface area contributed by atoms with Crippen LogP contribution in [0.3, 0.4) is 0 Å². The van der Waals surface area contributed by atoms with Crippen LogP contribution in [0.2, 0.25) is 0 Å². The van der Waals surface area contributed by atoms with Crippen molar-refractivity contribution in [1.82, 2.24) is 25.4 Å². The maximum atomic E-state index is 13.3. The summed E-state index contributed by atoms with van der Waals surface area (Å²) in [5.74, 6) is -2.87. The molecule has 19 heteroatoms. The van der Waals surface area contributed by atoms with Crippen LogP contribution >= 0.6 is 34.9 Å². The van der Waals surface area contributed by atoms with Crippen molar-refractivity contribution in [3.8, 4) is 28.7 Å². The number of carboxylic acid groups (broad SMARTS) is 1. The number of fused-ring (bicyclic) bond motifs is 1. The second-order valence-corrected chi connectivity index (χ2v) is 12.3. The van der Waals surface area contributed by atoms with E-state index in [1.54, 1.807) is 30.3 Å². The molecule has 4 heterocycles. The number of oxime groups is 1. The van der Waals surface area contributed by atoms with Crippen LogP contribution in [-0.4, -0.2) is 76.7 Å². The molecule has 0 aliphatic carbocycles. The summed E-state index contributed by atoms with van der Waals surface area (Å²) in [7, 11) is 0. The number of nitrogen functional groups attached to an aromatic ring is 1. The first-order valence-corrected chi connectivity index (χ1v) is 15.8. The molecule has 0 bridgehead atoms. The summed E-state index contributed by atoms with van der Waals surface area (Å²) >= 11 is 3.41. The molecule has 15 nitrogen and oxygen atoms in total. The number of benzene rings is 2. The number of aliphatic carboxylic acids is 1. The third kappa shape index (κ3) is 6.86. The molecule has 0 unspecified atom stereocenters. The molecular formula is C27H20N7NaO8S3. The van der Waals surface area contributed by atoms with E-state index in [9.17, 15) is 29.7 Å². The maximum Gasteiger partial charge on any atom is 1.00 e. The number of nitrogens with one attached hydrogen (secondary N) is 1. The van der Waals surface area contributed by atoms with Crippen LogP contribution in [0, 0.1) is 0 Å². The number of nitrogens with two attached hydrogens (primary N) is 1. The van der Waals surface area contributed by atoms with Crippen LogP contribution in [-0.2, 0) is 14.4 Å². The Bertz CT molecular complexity index is 1870. The molecule has 2 aromatic carbocycles. The van der Waals surface area contributed by atoms with Crippen LogP contribution in [0.5, 0.6) is 17.2 Å². The summed E-state index contributed by atoms with van der Waals surface area (Å²) in [5.41, 5.74) is 6.14. The van der Waals surface area contributed by atoms with Gasteiger partial charge in [0.2, 0.25) is 5.89 Å². The van der Waals surface area contributed by atoms with Crippen LogP contribution in [0.25, 0.3) is 11.5 Å². The number of carbonyl (C=O) groups excluding carboxylic acids is 3. The molecule has 46 heavy (non-hydrogen) atoms. The molecule has 2 amide bonds. The molecular weight excluding hydrogens is 670 g/mol. The number of phenolic OH excluding ortho intramolecular Hbond substituents is 2. The molecule has 2 aromatic heterocycles. The topological polar surface area (TPSA) is 229 Å². The number of amides is 2. The smallest absolute Gasteiger partial charge is 0.543 e. The first kappa shape index (κ1) is 33.3. The normalized spacial score (nSPS) is 17.5. The second kappa shape index (κ2) is 14.1. The summed E-state index contributed by atoms with van der Waals surface area (Å²) in [5, 5.41) is 47.0. The molecule has 2 atom stereocenters. The fourth-order valence-corrected chi connectivity index (χ4v) is 7.16. The van der Waals surface area contributed by atoms with Crippen LogP contribution in [0.15, 0.2) is 80.0 Å². The Balaban J connectivity index is 0.00000417. The van der Waals surface area contributed by atoms with Gasteiger partial charge in [-0.1, -0.05) is 35.1 Å². The van der Waals surface area contributed by atoms with E-state index in [1.165, 1.54) is 35.3 Å². The van der Waals surface area contributed by atoms with E-state index in [1.807, 2.05) is 0 Å². The number of rotatable bonds is 10. The van der Waals surface area contributed by atoms with Crippen molar-refractivity contribution >= 4 is 63.5 Å². The Labute approximate surface area is 294 Å². The molecule has 230 valence electrons. The number of carboxylic acids is 1. The van der Waals surface area contributed by atoms with E-state index < -0.39 is 29.2 Å². The summed E-state index contributed by atoms with van der Waals surface area (Å²) < 4.78 is 5.60. The molecule has 5 N–H and O–H groups in total. The largest absolute Gasteiger partial charge is 1.00 e. The summed E-state index contributed by atoms with van der Waals surface area (Å²) in [6.07, 6.45) is 0. The van der Waals surface area contributed by atoms with Crippen LogP contribution < -0.4 is 50.6 Å². The molecule has 2 aliphatic heterocycles. The molecule has 1 fully saturated rings. The molecule has 0 spiro atoms. The van der Waals surface area contributed by atoms with Gasteiger partial charge in [0.05, 0.1) is 11.7 Å². The maximum absolute atomic E-state index is 13.3. The quantitative estimate of drug-likeness (QED) is 0.0359. The fourth-order valence-electron chi connectivity index (χ4n) is 4.36. The number of aromatic hydroxyl groups is 2. The van der Waals surface area contributed by atoms with Crippen molar-refractivity contribution in [2.24, 2.45) is 5.16 Å². The van der Waals surface area contributed by atoms with E-state index >= 15 is 0 Å². The van der Waals surface area contributed by atoms with Gasteiger partial charge in [-0.05, 0) is 35.9 Å². The molecule has 6 rings (SSSR count). The number of thioether (sulfide) groups is 2. The SMILES string of the molecule is Nc1nc(C(=NOc2ccccc2)C(=O)N[C@@H]2C(=O)N3C(C(=O)[O-])=C(CSc4nnc(-c5ccc(O)c(O)c5)o4)CS[C@H]23)cs1.[Na+]. The van der Waals surface area contributed by atoms with Gasteiger partial charge in [0, 0.05) is 22.4 Å². The van der Waals surface area contributed by atoms with Gasteiger partial charge in [-0.3, -0.25) is 14.5 Å². The Kier molecular flexibility index (Phi) is 10.2. The van der Waals surface area contributed by atoms with E-state index in [4.69, 9.17) is 15.0 Å². The Morgan fingerprint density at radius 1 is 1.20 bits per heavy atom. The van der Waals surface area contributed by atoms with E-state index in [2.05, 4.69) is 25.7 Å². The minimum absolute atomic E-state index is 0. The summed E-state index contributed by atoms with van der Waals surface area (Å²) in [6, 6.07) is 11.5. The number of phenols is 2. The molecule has 2 aliphatic rings. The van der Waals surface area contributed by atoms with E-state index in [-0.39, 0.29) is 85.9 Å². The number of para-hydroxylation sites is 1. The second-order valence-electron chi connectivity index (χ2n) is 9.38. The van der Waals surface area contributed by atoms with Gasteiger partial charge in [0.25, 0.3) is 17.0 Å². The standard InChI is InChI=1S/C27H21N7O8S3.Na/c28-26-29-15(11-44-26)18(33-42-14-4-2-1-3-5-14)21(37)30-19-23(38)34-20(25(39)40)13(9-43-24(19)34)10-45-27-32-31-22(41-27)12-6-7-16(35)17(36)8-12;/h1-8,11,19,24,35-36H,9-10H2,(H2,28,29)(H,30,37)(H,39,40);/q;+1/p-1/t19-,24-;/m1./s1. The number of carbonyl (C=O) groups is 3. The summed E-state index contributed by atoms with van der Waals surface area (Å²) in [4.78, 5) is 49.3. The number of hydrogen-bond acceptors (Lipinski definition) is 16. The zero-order valence-corrected chi connectivity index (χ0v) is 28.1. The minimum atomic E-state index is -1.55. The Morgan fingerprint density at radius 3 is 2.67 bits per heavy atom. The van der Waals surface area contributed by atoms with Gasteiger partial charge in [0.15, 0.2) is 28.1 Å². The Morgan fingerprint density at radius 2 is 1.98 bits per heavy atom. The number of aromatic nitrogens is 3. The van der Waals surface area contributed by atoms with Gasteiger partial charge < -0.3 is 40.4 Å². The predicted octanol–water partition coefficient (Wildman–Crippen LogP) is -1.83.